The number of urea groups is 1. The lowest BCUT2D eigenvalue weighted by molar-refractivity contribution is -0.125. The van der Waals surface area contributed by atoms with Crippen LogP contribution >= 0.6 is 0 Å². The van der Waals surface area contributed by atoms with Crippen molar-refractivity contribution < 1.29 is 18.8 Å². The standard InChI is InChI=1S/C15H19N3O4/c1-8-6-9(2)22-11(8)12(19)16-7-10-4-3-5-15(10)13(20)17-14(21)18-15/h6,10H,3-5,7H2,1-2H3,(H,16,19)(H2,17,18,20,21)/t10-,15-/m0/s1. The van der Waals surface area contributed by atoms with Crippen molar-refractivity contribution in [3.63, 3.8) is 0 Å². The summed E-state index contributed by atoms with van der Waals surface area (Å²) in [4.78, 5) is 35.7. The number of furan rings is 1. The van der Waals surface area contributed by atoms with Gasteiger partial charge in [-0.1, -0.05) is 6.42 Å². The van der Waals surface area contributed by atoms with Crippen LogP contribution in [0.1, 0.15) is 41.1 Å². The van der Waals surface area contributed by atoms with E-state index in [1.807, 2.05) is 6.92 Å². The zero-order valence-corrected chi connectivity index (χ0v) is 12.6. The van der Waals surface area contributed by atoms with Gasteiger partial charge in [0.25, 0.3) is 11.8 Å². The molecule has 7 heteroatoms. The molecule has 0 radical (unpaired) electrons. The summed E-state index contributed by atoms with van der Waals surface area (Å²) in [6, 6.07) is 1.34. The van der Waals surface area contributed by atoms with Gasteiger partial charge in [-0.25, -0.2) is 4.79 Å². The SMILES string of the molecule is Cc1cc(C)c(C(=O)NC[C@@H]2CCC[C@]23NC(=O)NC3=O)o1. The number of nitrogens with one attached hydrogen (secondary N) is 3. The summed E-state index contributed by atoms with van der Waals surface area (Å²) in [7, 11) is 0. The first-order valence-electron chi connectivity index (χ1n) is 7.41. The van der Waals surface area contributed by atoms with Gasteiger partial charge in [0.1, 0.15) is 11.3 Å². The van der Waals surface area contributed by atoms with Crippen molar-refractivity contribution in [2.75, 3.05) is 6.54 Å². The molecule has 1 aliphatic carbocycles. The van der Waals surface area contributed by atoms with E-state index in [1.54, 1.807) is 13.0 Å². The number of carbonyl (C=O) groups is 3. The molecule has 118 valence electrons. The molecule has 1 saturated heterocycles. The van der Waals surface area contributed by atoms with Gasteiger partial charge in [0, 0.05) is 18.0 Å². The van der Waals surface area contributed by atoms with Gasteiger partial charge < -0.3 is 15.1 Å². The second kappa shape index (κ2) is 5.15. The van der Waals surface area contributed by atoms with E-state index in [2.05, 4.69) is 16.0 Å². The maximum atomic E-state index is 12.2. The Balaban J connectivity index is 1.68. The van der Waals surface area contributed by atoms with E-state index in [9.17, 15) is 14.4 Å². The van der Waals surface area contributed by atoms with Gasteiger partial charge in [-0.2, -0.15) is 0 Å². The molecule has 4 amide bonds. The smallest absolute Gasteiger partial charge is 0.322 e. The molecule has 22 heavy (non-hydrogen) atoms. The van der Waals surface area contributed by atoms with Crippen LogP contribution in [0.15, 0.2) is 10.5 Å². The molecule has 2 aliphatic rings. The quantitative estimate of drug-likeness (QED) is 0.725. The van der Waals surface area contributed by atoms with Crippen LogP contribution in [0, 0.1) is 19.8 Å². The molecule has 1 spiro atoms. The Labute approximate surface area is 127 Å². The van der Waals surface area contributed by atoms with Gasteiger partial charge in [0.05, 0.1) is 0 Å². The molecule has 1 aromatic rings. The van der Waals surface area contributed by atoms with Crippen molar-refractivity contribution in [2.45, 2.75) is 38.6 Å². The van der Waals surface area contributed by atoms with Crippen LogP contribution in [-0.4, -0.2) is 29.9 Å². The summed E-state index contributed by atoms with van der Waals surface area (Å²) in [5.74, 6) is 0.280. The van der Waals surface area contributed by atoms with Crippen molar-refractivity contribution in [3.05, 3.63) is 23.2 Å². The monoisotopic (exact) mass is 305 g/mol. The van der Waals surface area contributed by atoms with Crippen LogP contribution in [0.5, 0.6) is 0 Å². The van der Waals surface area contributed by atoms with Crippen LogP contribution in [0.2, 0.25) is 0 Å². The molecule has 0 unspecified atom stereocenters. The fraction of sp³-hybridized carbons (Fsp3) is 0.533. The Morgan fingerprint density at radius 3 is 2.82 bits per heavy atom. The van der Waals surface area contributed by atoms with Gasteiger partial charge in [-0.05, 0) is 32.8 Å². The fourth-order valence-corrected chi connectivity index (χ4v) is 3.49. The van der Waals surface area contributed by atoms with Crippen LogP contribution in [-0.2, 0) is 4.79 Å². The molecule has 3 N–H and O–H groups in total. The summed E-state index contributed by atoms with van der Waals surface area (Å²) < 4.78 is 5.39. The maximum absolute atomic E-state index is 12.2. The highest BCUT2D eigenvalue weighted by Crippen LogP contribution is 2.37. The van der Waals surface area contributed by atoms with Gasteiger partial charge in [-0.15, -0.1) is 0 Å². The molecule has 1 saturated carbocycles. The van der Waals surface area contributed by atoms with Crippen molar-refractivity contribution in [1.82, 2.24) is 16.0 Å². The summed E-state index contributed by atoms with van der Waals surface area (Å²) in [6.45, 7) is 3.92. The number of amides is 4. The Bertz CT molecular complexity index is 651. The minimum Gasteiger partial charge on any atom is -0.456 e. The predicted molar refractivity (Wildman–Crippen MR) is 77.3 cm³/mol. The average molecular weight is 305 g/mol. The second-order valence-electron chi connectivity index (χ2n) is 6.05. The minimum atomic E-state index is -0.876. The molecule has 0 aromatic carbocycles. The first-order chi connectivity index (χ1) is 10.4. The van der Waals surface area contributed by atoms with E-state index in [4.69, 9.17) is 4.42 Å². The largest absolute Gasteiger partial charge is 0.456 e. The Morgan fingerprint density at radius 2 is 2.23 bits per heavy atom. The normalized spacial score (nSPS) is 27.1. The highest BCUT2D eigenvalue weighted by Gasteiger charge is 2.54. The fourth-order valence-electron chi connectivity index (χ4n) is 3.49. The van der Waals surface area contributed by atoms with Gasteiger partial charge in [-0.3, -0.25) is 14.9 Å². The summed E-state index contributed by atoms with van der Waals surface area (Å²) in [5, 5.41) is 7.84. The molecule has 1 aromatic heterocycles. The predicted octanol–water partition coefficient (Wildman–Crippen LogP) is 1.00. The van der Waals surface area contributed by atoms with Gasteiger partial charge in [0.2, 0.25) is 0 Å². The third-order valence-corrected chi connectivity index (χ3v) is 4.55. The van der Waals surface area contributed by atoms with Crippen molar-refractivity contribution in [1.29, 1.82) is 0 Å². The van der Waals surface area contributed by atoms with Gasteiger partial charge in [0.15, 0.2) is 5.76 Å². The lowest BCUT2D eigenvalue weighted by atomic mass is 9.87. The average Bonchev–Trinajstić information content (AvgIpc) is 3.08. The van der Waals surface area contributed by atoms with Crippen LogP contribution in [0.3, 0.4) is 0 Å². The minimum absolute atomic E-state index is 0.112. The molecule has 1 aliphatic heterocycles. The van der Waals surface area contributed by atoms with E-state index < -0.39 is 11.6 Å². The zero-order valence-electron chi connectivity index (χ0n) is 12.6. The van der Waals surface area contributed by atoms with Crippen LogP contribution < -0.4 is 16.0 Å². The van der Waals surface area contributed by atoms with Crippen molar-refractivity contribution in [2.24, 2.45) is 5.92 Å². The molecule has 2 atom stereocenters. The van der Waals surface area contributed by atoms with E-state index in [0.717, 1.165) is 18.4 Å². The first kappa shape index (κ1) is 14.6. The summed E-state index contributed by atoms with van der Waals surface area (Å²) >= 11 is 0. The zero-order chi connectivity index (χ0) is 15.9. The Kier molecular flexibility index (Phi) is 3.42. The topological polar surface area (TPSA) is 100 Å². The maximum Gasteiger partial charge on any atom is 0.322 e. The van der Waals surface area contributed by atoms with E-state index in [-0.39, 0.29) is 17.7 Å². The number of aryl methyl sites for hydroxylation is 2. The van der Waals surface area contributed by atoms with E-state index in [1.165, 1.54) is 0 Å². The van der Waals surface area contributed by atoms with E-state index in [0.29, 0.717) is 24.5 Å². The lowest BCUT2D eigenvalue weighted by Gasteiger charge is -2.28. The van der Waals surface area contributed by atoms with Crippen molar-refractivity contribution >= 4 is 17.8 Å². The summed E-state index contributed by atoms with van der Waals surface area (Å²) in [6.07, 6.45) is 2.22. The van der Waals surface area contributed by atoms with Gasteiger partial charge >= 0.3 is 6.03 Å². The molecular formula is C15H19N3O4. The van der Waals surface area contributed by atoms with Crippen LogP contribution in [0.25, 0.3) is 0 Å². The Morgan fingerprint density at radius 1 is 1.45 bits per heavy atom. The lowest BCUT2D eigenvalue weighted by Crippen LogP contribution is -2.53. The number of imide groups is 1. The van der Waals surface area contributed by atoms with Crippen LogP contribution in [0.4, 0.5) is 4.79 Å². The highest BCUT2D eigenvalue weighted by atomic mass is 16.3. The number of hydrogen-bond acceptors (Lipinski definition) is 4. The van der Waals surface area contributed by atoms with E-state index >= 15 is 0 Å². The second-order valence-corrected chi connectivity index (χ2v) is 6.05. The summed E-state index contributed by atoms with van der Waals surface area (Å²) in [5.41, 5.74) is -0.0959. The van der Waals surface area contributed by atoms with Crippen molar-refractivity contribution in [3.8, 4) is 0 Å². The molecular weight excluding hydrogens is 286 g/mol. The number of carbonyl (C=O) groups excluding carboxylic acids is 3. The molecule has 7 nitrogen and oxygen atoms in total. The number of rotatable bonds is 3. The first-order valence-corrected chi connectivity index (χ1v) is 7.41. The molecule has 2 fully saturated rings. The molecule has 0 bridgehead atoms. The third-order valence-electron chi connectivity index (χ3n) is 4.55. The molecule has 3 rings (SSSR count). The molecule has 2 heterocycles. The highest BCUT2D eigenvalue weighted by molar-refractivity contribution is 6.07. The Hall–Kier alpha value is -2.31. The number of hydrogen-bond donors (Lipinski definition) is 3. The third kappa shape index (κ3) is 2.26.